The number of carbonyl (C=O) groups excluding carboxylic acids is 1. The van der Waals surface area contributed by atoms with Crippen LogP contribution in [0.4, 0.5) is 0 Å². The minimum Gasteiger partial charge on any atom is -0.394 e. The Labute approximate surface area is 432 Å². The summed E-state index contributed by atoms with van der Waals surface area (Å²) in [6.45, 7) is 4.32. The fourth-order valence-corrected chi connectivity index (χ4v) is 9.48. The summed E-state index contributed by atoms with van der Waals surface area (Å²) < 4.78 is 0. The number of aliphatic hydroxyl groups is 2. The molecule has 0 fully saturated rings. The fourth-order valence-electron chi connectivity index (χ4n) is 9.48. The van der Waals surface area contributed by atoms with Gasteiger partial charge in [-0.05, 0) is 77.0 Å². The third kappa shape index (κ3) is 56.9. The van der Waals surface area contributed by atoms with E-state index in [0.29, 0.717) is 6.42 Å². The van der Waals surface area contributed by atoms with E-state index in [0.717, 1.165) is 44.9 Å². The van der Waals surface area contributed by atoms with Crippen molar-refractivity contribution >= 4 is 5.91 Å². The molecule has 0 saturated carbocycles. The molecule has 0 aromatic rings. The van der Waals surface area contributed by atoms with E-state index in [1.807, 2.05) is 6.08 Å². The molecule has 3 N–H and O–H groups in total. The molecule has 69 heavy (non-hydrogen) atoms. The first-order valence-electron chi connectivity index (χ1n) is 31.0. The topological polar surface area (TPSA) is 69.6 Å². The zero-order valence-corrected chi connectivity index (χ0v) is 46.6. The molecule has 0 radical (unpaired) electrons. The molecule has 2 unspecified atom stereocenters. The summed E-state index contributed by atoms with van der Waals surface area (Å²) in [7, 11) is 0. The number of hydrogen-bond acceptors (Lipinski definition) is 3. The number of nitrogens with one attached hydrogen (secondary N) is 1. The quantitative estimate of drug-likeness (QED) is 0.0420. The summed E-state index contributed by atoms with van der Waals surface area (Å²) in [5.74, 6) is -0.0749. The Bertz CT molecular complexity index is 1140. The molecule has 0 aliphatic heterocycles. The predicted molar refractivity (Wildman–Crippen MR) is 308 cm³/mol. The molecule has 0 aromatic carbocycles. The molecule has 0 saturated heterocycles. The Morgan fingerprint density at radius 2 is 0.609 bits per heavy atom. The lowest BCUT2D eigenvalue weighted by molar-refractivity contribution is -0.123. The number of rotatable bonds is 57. The van der Waals surface area contributed by atoms with Crippen molar-refractivity contribution in [2.24, 2.45) is 0 Å². The second-order valence-electron chi connectivity index (χ2n) is 21.1. The largest absolute Gasteiger partial charge is 0.394 e. The first-order chi connectivity index (χ1) is 34.2. The fraction of sp³-hybridized carbons (Fsp3) is 0.831. The average molecular weight is 965 g/mol. The Morgan fingerprint density at radius 3 is 0.928 bits per heavy atom. The van der Waals surface area contributed by atoms with Gasteiger partial charge < -0.3 is 15.5 Å². The van der Waals surface area contributed by atoms with E-state index in [2.05, 4.69) is 67.8 Å². The number of amides is 1. The predicted octanol–water partition coefficient (Wildman–Crippen LogP) is 20.8. The summed E-state index contributed by atoms with van der Waals surface area (Å²) in [5, 5.41) is 23.2. The van der Waals surface area contributed by atoms with Crippen LogP contribution in [-0.4, -0.2) is 34.9 Å². The Morgan fingerprint density at radius 1 is 0.348 bits per heavy atom. The van der Waals surface area contributed by atoms with Gasteiger partial charge in [0.2, 0.25) is 5.91 Å². The van der Waals surface area contributed by atoms with Crippen LogP contribution in [0.1, 0.15) is 328 Å². The highest BCUT2D eigenvalue weighted by atomic mass is 16.3. The van der Waals surface area contributed by atoms with E-state index in [9.17, 15) is 15.0 Å². The van der Waals surface area contributed by atoms with Crippen LogP contribution in [0.5, 0.6) is 0 Å². The SMILES string of the molecule is CCCCCCCCCCCC/C=C/CC/C=C/CC/C=C/C(O)C(CO)NC(=O)CCCCCCCCCCCCCCCCCCC/C=C\C/C=C\CCCCCCCCCCCCCCC. The van der Waals surface area contributed by atoms with Gasteiger partial charge in [-0.2, -0.15) is 0 Å². The van der Waals surface area contributed by atoms with E-state index in [-0.39, 0.29) is 12.5 Å². The average Bonchev–Trinajstić information content (AvgIpc) is 3.35. The van der Waals surface area contributed by atoms with Crippen LogP contribution in [0.25, 0.3) is 0 Å². The van der Waals surface area contributed by atoms with Crippen molar-refractivity contribution in [3.05, 3.63) is 60.8 Å². The van der Waals surface area contributed by atoms with Crippen LogP contribution in [0.2, 0.25) is 0 Å². The van der Waals surface area contributed by atoms with Crippen LogP contribution in [0.15, 0.2) is 60.8 Å². The van der Waals surface area contributed by atoms with Gasteiger partial charge in [0.25, 0.3) is 0 Å². The maximum atomic E-state index is 12.5. The molecule has 0 aliphatic rings. The Kier molecular flexibility index (Phi) is 58.7. The minimum absolute atomic E-state index is 0.0749. The van der Waals surface area contributed by atoms with Crippen molar-refractivity contribution in [3.63, 3.8) is 0 Å². The van der Waals surface area contributed by atoms with Gasteiger partial charge >= 0.3 is 0 Å². The smallest absolute Gasteiger partial charge is 0.220 e. The van der Waals surface area contributed by atoms with Gasteiger partial charge in [-0.3, -0.25) is 4.79 Å². The number of hydrogen-bond donors (Lipinski definition) is 3. The van der Waals surface area contributed by atoms with Crippen LogP contribution in [-0.2, 0) is 4.79 Å². The minimum atomic E-state index is -0.872. The van der Waals surface area contributed by atoms with Gasteiger partial charge in [0, 0.05) is 6.42 Å². The van der Waals surface area contributed by atoms with Gasteiger partial charge in [0.15, 0.2) is 0 Å². The second-order valence-corrected chi connectivity index (χ2v) is 21.1. The van der Waals surface area contributed by atoms with Crippen molar-refractivity contribution < 1.29 is 15.0 Å². The molecule has 0 bridgehead atoms. The molecule has 0 heterocycles. The first kappa shape index (κ1) is 67.1. The summed E-state index contributed by atoms with van der Waals surface area (Å²) in [6, 6.07) is -0.647. The third-order valence-electron chi connectivity index (χ3n) is 14.2. The molecule has 0 aromatic heterocycles. The lowest BCUT2D eigenvalue weighted by Crippen LogP contribution is -2.45. The van der Waals surface area contributed by atoms with Crippen LogP contribution < -0.4 is 5.32 Å². The zero-order chi connectivity index (χ0) is 49.9. The maximum absolute atomic E-state index is 12.5. The Balaban J connectivity index is 3.48. The standard InChI is InChI=1S/C65H121NO3/c1-3-5-7-9-11-13-15-17-19-21-23-25-26-27-28-29-30-31-32-33-34-35-36-37-38-39-40-41-43-45-47-49-51-53-55-57-59-61-65(69)66-63(62-67)64(68)60-58-56-54-52-50-48-46-44-42-24-22-20-18-16-14-12-10-8-6-4-2/h28-29,31-32,42,44,50,52,58,60,63-64,67-68H,3-27,30,33-41,43,45-49,51,53-57,59,61-62H2,1-2H3,(H,66,69)/b29-28-,32-31-,44-42+,52-50+,60-58+. The van der Waals surface area contributed by atoms with Crippen LogP contribution in [0.3, 0.4) is 0 Å². The van der Waals surface area contributed by atoms with Crippen molar-refractivity contribution in [2.75, 3.05) is 6.61 Å². The van der Waals surface area contributed by atoms with Gasteiger partial charge in [-0.15, -0.1) is 0 Å². The Hall–Kier alpha value is -1.91. The molecule has 0 spiro atoms. The molecule has 2 atom stereocenters. The molecule has 404 valence electrons. The van der Waals surface area contributed by atoms with Crippen molar-refractivity contribution in [2.45, 2.75) is 341 Å². The summed E-state index contributed by atoms with van der Waals surface area (Å²) >= 11 is 0. The van der Waals surface area contributed by atoms with E-state index in [4.69, 9.17) is 0 Å². The van der Waals surface area contributed by atoms with Crippen LogP contribution >= 0.6 is 0 Å². The maximum Gasteiger partial charge on any atom is 0.220 e. The van der Waals surface area contributed by atoms with E-state index in [1.54, 1.807) is 6.08 Å². The molecule has 4 heteroatoms. The van der Waals surface area contributed by atoms with Gasteiger partial charge in [-0.25, -0.2) is 0 Å². The molecule has 1 amide bonds. The van der Waals surface area contributed by atoms with Crippen molar-refractivity contribution in [3.8, 4) is 0 Å². The van der Waals surface area contributed by atoms with E-state index >= 15 is 0 Å². The third-order valence-corrected chi connectivity index (χ3v) is 14.2. The molecular formula is C65H121NO3. The highest BCUT2D eigenvalue weighted by Gasteiger charge is 2.18. The van der Waals surface area contributed by atoms with Crippen molar-refractivity contribution in [1.29, 1.82) is 0 Å². The van der Waals surface area contributed by atoms with Gasteiger partial charge in [-0.1, -0.05) is 306 Å². The highest BCUT2D eigenvalue weighted by molar-refractivity contribution is 5.76. The number of aliphatic hydroxyl groups excluding tert-OH is 2. The lowest BCUT2D eigenvalue weighted by Gasteiger charge is -2.19. The van der Waals surface area contributed by atoms with Gasteiger partial charge in [0.05, 0.1) is 18.8 Å². The summed E-state index contributed by atoms with van der Waals surface area (Å²) in [5.41, 5.74) is 0. The monoisotopic (exact) mass is 964 g/mol. The number of carbonyl (C=O) groups is 1. The van der Waals surface area contributed by atoms with Crippen molar-refractivity contribution in [1.82, 2.24) is 5.32 Å². The summed E-state index contributed by atoms with van der Waals surface area (Å²) in [4.78, 5) is 12.5. The van der Waals surface area contributed by atoms with Crippen LogP contribution in [0, 0.1) is 0 Å². The number of allylic oxidation sites excluding steroid dienone is 9. The normalized spacial score (nSPS) is 13.2. The molecule has 0 aliphatic carbocycles. The zero-order valence-electron chi connectivity index (χ0n) is 46.6. The summed E-state index contributed by atoms with van der Waals surface area (Å²) in [6.07, 6.45) is 85.6. The number of unbranched alkanes of at least 4 members (excludes halogenated alkanes) is 42. The molecular weight excluding hydrogens is 843 g/mol. The highest BCUT2D eigenvalue weighted by Crippen LogP contribution is 2.17. The lowest BCUT2D eigenvalue weighted by atomic mass is 10.0. The first-order valence-corrected chi connectivity index (χ1v) is 31.0. The van der Waals surface area contributed by atoms with Gasteiger partial charge in [0.1, 0.15) is 0 Å². The van der Waals surface area contributed by atoms with E-state index < -0.39 is 12.1 Å². The molecule has 0 rings (SSSR count). The second kappa shape index (κ2) is 60.4. The van der Waals surface area contributed by atoms with E-state index in [1.165, 1.54) is 263 Å². The molecule has 4 nitrogen and oxygen atoms in total.